The summed E-state index contributed by atoms with van der Waals surface area (Å²) in [6.07, 6.45) is 1.52. The number of nitrogens with zero attached hydrogens (tertiary/aromatic N) is 1. The van der Waals surface area contributed by atoms with E-state index in [1.165, 1.54) is 6.20 Å². The summed E-state index contributed by atoms with van der Waals surface area (Å²) in [5.74, 6) is 9.90. The van der Waals surface area contributed by atoms with Crippen molar-refractivity contribution in [2.75, 3.05) is 5.43 Å². The van der Waals surface area contributed by atoms with Crippen molar-refractivity contribution in [3.8, 4) is 0 Å². The molecule has 0 atom stereocenters. The van der Waals surface area contributed by atoms with E-state index in [1.54, 1.807) is 12.1 Å². The van der Waals surface area contributed by atoms with Crippen molar-refractivity contribution < 1.29 is 4.79 Å². The second-order valence-corrected chi connectivity index (χ2v) is 2.02. The Hall–Kier alpha value is -1.66. The first-order valence-corrected chi connectivity index (χ1v) is 3.22. The molecule has 0 aromatic carbocycles. The zero-order chi connectivity index (χ0) is 8.97. The molecule has 0 fully saturated rings. The Kier molecular flexibility index (Phi) is 2.57. The minimum absolute atomic E-state index is 0.292. The molecule has 0 unspecified atom stereocenters. The van der Waals surface area contributed by atoms with Crippen LogP contribution < -0.4 is 22.5 Å². The number of aromatic nitrogens is 1. The van der Waals surface area contributed by atoms with Gasteiger partial charge in [0.25, 0.3) is 5.91 Å². The van der Waals surface area contributed by atoms with Gasteiger partial charge in [0.2, 0.25) is 0 Å². The summed E-state index contributed by atoms with van der Waals surface area (Å²) in [5.41, 5.74) is 4.57. The van der Waals surface area contributed by atoms with Crippen LogP contribution in [0.15, 0.2) is 18.3 Å². The van der Waals surface area contributed by atoms with Crippen molar-refractivity contribution in [1.82, 2.24) is 10.4 Å². The Bertz CT molecular complexity index is 287. The maximum absolute atomic E-state index is 11.0. The number of nitrogens with two attached hydrogens (primary N) is 2. The zero-order valence-electron chi connectivity index (χ0n) is 6.24. The lowest BCUT2D eigenvalue weighted by atomic mass is 10.2. The SMILES string of the molecule is NNC(=O)c1cccnc1NN. The van der Waals surface area contributed by atoms with Crippen LogP contribution in [-0.4, -0.2) is 10.9 Å². The van der Waals surface area contributed by atoms with Gasteiger partial charge in [-0.3, -0.25) is 10.2 Å². The van der Waals surface area contributed by atoms with E-state index in [4.69, 9.17) is 11.7 Å². The molecule has 0 spiro atoms. The largest absolute Gasteiger partial charge is 0.308 e. The summed E-state index contributed by atoms with van der Waals surface area (Å²) in [6, 6.07) is 3.18. The summed E-state index contributed by atoms with van der Waals surface area (Å²) in [6.45, 7) is 0. The number of nitrogens with one attached hydrogen (secondary N) is 2. The van der Waals surface area contributed by atoms with E-state index in [9.17, 15) is 4.79 Å². The first kappa shape index (κ1) is 8.44. The third kappa shape index (κ3) is 1.49. The Labute approximate surface area is 68.9 Å². The standard InChI is InChI=1S/C6H9N5O/c7-10-5-4(6(12)11-8)2-1-3-9-5/h1-3H,7-8H2,(H,9,10)(H,11,12). The van der Waals surface area contributed by atoms with Crippen LogP contribution in [0, 0.1) is 0 Å². The van der Waals surface area contributed by atoms with Crippen LogP contribution in [0.25, 0.3) is 0 Å². The molecule has 0 aliphatic carbocycles. The van der Waals surface area contributed by atoms with Crippen LogP contribution in [-0.2, 0) is 0 Å². The molecule has 1 aromatic heterocycles. The lowest BCUT2D eigenvalue weighted by molar-refractivity contribution is 0.0954. The van der Waals surface area contributed by atoms with Crippen LogP contribution in [0.1, 0.15) is 10.4 Å². The summed E-state index contributed by atoms with van der Waals surface area (Å²) < 4.78 is 0. The van der Waals surface area contributed by atoms with E-state index in [1.807, 2.05) is 5.43 Å². The number of hydrogen-bond acceptors (Lipinski definition) is 5. The molecular formula is C6H9N5O. The number of carbonyl (C=O) groups excluding carboxylic acids is 1. The van der Waals surface area contributed by atoms with Crippen molar-refractivity contribution in [1.29, 1.82) is 0 Å². The number of nitrogen functional groups attached to an aromatic ring is 2. The normalized spacial score (nSPS) is 9.17. The first-order valence-electron chi connectivity index (χ1n) is 3.22. The van der Waals surface area contributed by atoms with Gasteiger partial charge in [0.15, 0.2) is 5.82 Å². The van der Waals surface area contributed by atoms with Gasteiger partial charge in [0.1, 0.15) is 0 Å². The fourth-order valence-electron chi connectivity index (χ4n) is 0.781. The number of hydrogen-bond donors (Lipinski definition) is 4. The predicted octanol–water partition coefficient (Wildman–Crippen LogP) is -1.03. The molecule has 0 saturated heterocycles. The highest BCUT2D eigenvalue weighted by Crippen LogP contribution is 2.08. The van der Waals surface area contributed by atoms with Crippen molar-refractivity contribution >= 4 is 11.7 Å². The molecule has 6 N–H and O–H groups in total. The third-order valence-corrected chi connectivity index (χ3v) is 1.32. The second-order valence-electron chi connectivity index (χ2n) is 2.02. The predicted molar refractivity (Wildman–Crippen MR) is 43.7 cm³/mol. The summed E-state index contributed by atoms with van der Waals surface area (Å²) >= 11 is 0. The van der Waals surface area contributed by atoms with Gasteiger partial charge >= 0.3 is 0 Å². The molecule has 0 aliphatic rings. The molecule has 0 aliphatic heterocycles. The lowest BCUT2D eigenvalue weighted by Gasteiger charge is -2.04. The molecule has 6 nitrogen and oxygen atoms in total. The molecule has 12 heavy (non-hydrogen) atoms. The number of carbonyl (C=O) groups is 1. The highest BCUT2D eigenvalue weighted by Gasteiger charge is 2.08. The van der Waals surface area contributed by atoms with Crippen LogP contribution in [0.5, 0.6) is 0 Å². The van der Waals surface area contributed by atoms with Crippen molar-refractivity contribution in [3.05, 3.63) is 23.9 Å². The van der Waals surface area contributed by atoms with E-state index in [0.29, 0.717) is 11.4 Å². The van der Waals surface area contributed by atoms with Gasteiger partial charge in [-0.1, -0.05) is 0 Å². The van der Waals surface area contributed by atoms with E-state index in [-0.39, 0.29) is 0 Å². The van der Waals surface area contributed by atoms with Crippen LogP contribution in [0.2, 0.25) is 0 Å². The molecule has 1 heterocycles. The minimum Gasteiger partial charge on any atom is -0.308 e. The van der Waals surface area contributed by atoms with Gasteiger partial charge in [-0.15, -0.1) is 0 Å². The van der Waals surface area contributed by atoms with E-state index >= 15 is 0 Å². The highest BCUT2D eigenvalue weighted by atomic mass is 16.2. The molecule has 0 saturated carbocycles. The third-order valence-electron chi connectivity index (χ3n) is 1.32. The van der Waals surface area contributed by atoms with Gasteiger partial charge in [-0.25, -0.2) is 16.7 Å². The molecule has 1 amide bonds. The lowest BCUT2D eigenvalue weighted by Crippen LogP contribution is -2.31. The fourth-order valence-corrected chi connectivity index (χ4v) is 0.781. The number of anilines is 1. The van der Waals surface area contributed by atoms with Crippen molar-refractivity contribution in [2.45, 2.75) is 0 Å². The quantitative estimate of drug-likeness (QED) is 0.256. The first-order chi connectivity index (χ1) is 5.79. The van der Waals surface area contributed by atoms with Crippen LogP contribution in [0.3, 0.4) is 0 Å². The van der Waals surface area contributed by atoms with Crippen LogP contribution >= 0.6 is 0 Å². The minimum atomic E-state index is -0.434. The second kappa shape index (κ2) is 3.65. The number of amides is 1. The Morgan fingerprint density at radius 1 is 1.50 bits per heavy atom. The maximum atomic E-state index is 11.0. The summed E-state index contributed by atoms with van der Waals surface area (Å²) in [5, 5.41) is 0. The summed E-state index contributed by atoms with van der Waals surface area (Å²) in [7, 11) is 0. The van der Waals surface area contributed by atoms with Crippen molar-refractivity contribution in [2.24, 2.45) is 11.7 Å². The molecule has 64 valence electrons. The number of pyridine rings is 1. The molecule has 1 rings (SSSR count). The Morgan fingerprint density at radius 2 is 2.25 bits per heavy atom. The summed E-state index contributed by atoms with van der Waals surface area (Å²) in [4.78, 5) is 14.8. The van der Waals surface area contributed by atoms with Crippen LogP contribution in [0.4, 0.5) is 5.82 Å². The maximum Gasteiger partial charge on any atom is 0.268 e. The zero-order valence-corrected chi connectivity index (χ0v) is 6.24. The van der Waals surface area contributed by atoms with Gasteiger partial charge in [0.05, 0.1) is 5.56 Å². The van der Waals surface area contributed by atoms with Gasteiger partial charge in [-0.05, 0) is 12.1 Å². The average Bonchev–Trinajstić information content (AvgIpc) is 2.16. The van der Waals surface area contributed by atoms with E-state index in [0.717, 1.165) is 0 Å². The van der Waals surface area contributed by atoms with Gasteiger partial charge in [0, 0.05) is 6.20 Å². The highest BCUT2D eigenvalue weighted by molar-refractivity contribution is 5.98. The molecule has 6 heteroatoms. The molecule has 1 aromatic rings. The molecular weight excluding hydrogens is 158 g/mol. The van der Waals surface area contributed by atoms with Gasteiger partial charge in [-0.2, -0.15) is 0 Å². The van der Waals surface area contributed by atoms with E-state index in [2.05, 4.69) is 10.4 Å². The Balaban J connectivity index is 3.04. The number of hydrazine groups is 2. The topological polar surface area (TPSA) is 106 Å². The molecule has 0 bridgehead atoms. The monoisotopic (exact) mass is 167 g/mol. The van der Waals surface area contributed by atoms with Crippen molar-refractivity contribution in [3.63, 3.8) is 0 Å². The molecule has 0 radical (unpaired) electrons. The smallest absolute Gasteiger partial charge is 0.268 e. The number of rotatable bonds is 2. The fraction of sp³-hybridized carbons (Fsp3) is 0. The average molecular weight is 167 g/mol. The Morgan fingerprint density at radius 3 is 2.83 bits per heavy atom. The van der Waals surface area contributed by atoms with Gasteiger partial charge < -0.3 is 5.43 Å². The van der Waals surface area contributed by atoms with E-state index < -0.39 is 5.91 Å².